The maximum absolute atomic E-state index is 14.0. The van der Waals surface area contributed by atoms with Crippen LogP contribution in [0.4, 0.5) is 4.39 Å². The van der Waals surface area contributed by atoms with Gasteiger partial charge in [-0.2, -0.15) is 0 Å². The molecule has 0 radical (unpaired) electrons. The molecule has 3 rings (SSSR count). The number of methoxy groups -OCH3 is 1. The van der Waals surface area contributed by atoms with Crippen molar-refractivity contribution < 1.29 is 13.9 Å². The first-order valence-corrected chi connectivity index (χ1v) is 8.71. The van der Waals surface area contributed by atoms with E-state index in [-0.39, 0.29) is 17.5 Å². The average molecular weight is 351 g/mol. The number of nitrogens with one attached hydrogen (secondary N) is 1. The van der Waals surface area contributed by atoms with Crippen LogP contribution in [0.5, 0.6) is 0 Å². The third-order valence-corrected chi connectivity index (χ3v) is 5.43. The highest BCUT2D eigenvalue weighted by atomic mass is 32.2. The number of hydrogen-bond donors (Lipinski definition) is 1. The van der Waals surface area contributed by atoms with Crippen LogP contribution in [0.25, 0.3) is 20.3 Å². The van der Waals surface area contributed by atoms with Gasteiger partial charge in [0.15, 0.2) is 0 Å². The van der Waals surface area contributed by atoms with Gasteiger partial charge >= 0.3 is 0 Å². The second-order valence-electron chi connectivity index (χ2n) is 4.70. The van der Waals surface area contributed by atoms with E-state index in [1.165, 1.54) is 35.5 Å². The Hall–Kier alpha value is -1.77. The van der Waals surface area contributed by atoms with Gasteiger partial charge in [0.05, 0.1) is 28.0 Å². The van der Waals surface area contributed by atoms with Gasteiger partial charge in [-0.05, 0) is 12.1 Å². The summed E-state index contributed by atoms with van der Waals surface area (Å²) in [6.07, 6.45) is 1.41. The van der Waals surface area contributed by atoms with Crippen LogP contribution in [0.2, 0.25) is 0 Å². The highest BCUT2D eigenvalue weighted by Crippen LogP contribution is 2.38. The highest BCUT2D eigenvalue weighted by molar-refractivity contribution is 8.00. The van der Waals surface area contributed by atoms with Crippen molar-refractivity contribution in [3.8, 4) is 0 Å². The molecule has 5 nitrogen and oxygen atoms in total. The molecule has 0 saturated carbocycles. The average Bonchev–Trinajstić information content (AvgIpc) is 2.93. The van der Waals surface area contributed by atoms with Crippen molar-refractivity contribution in [2.24, 2.45) is 0 Å². The fourth-order valence-electron chi connectivity index (χ4n) is 2.14. The quantitative estimate of drug-likeness (QED) is 0.420. The van der Waals surface area contributed by atoms with Gasteiger partial charge in [-0.15, -0.1) is 11.3 Å². The Morgan fingerprint density at radius 1 is 1.43 bits per heavy atom. The molecular formula is C15H14FN3O2S2. The van der Waals surface area contributed by atoms with Gasteiger partial charge in [0.25, 0.3) is 0 Å². The lowest BCUT2D eigenvalue weighted by Gasteiger charge is -2.04. The van der Waals surface area contributed by atoms with Crippen LogP contribution >= 0.6 is 23.1 Å². The Kier molecular flexibility index (Phi) is 5.04. The van der Waals surface area contributed by atoms with Crippen molar-refractivity contribution in [2.75, 3.05) is 26.0 Å². The molecule has 0 saturated heterocycles. The van der Waals surface area contributed by atoms with Crippen LogP contribution in [0.15, 0.2) is 29.6 Å². The van der Waals surface area contributed by atoms with Gasteiger partial charge < -0.3 is 10.1 Å². The molecular weight excluding hydrogens is 337 g/mol. The topological polar surface area (TPSA) is 64.1 Å². The number of fused-ring (bicyclic) bond motifs is 3. The zero-order valence-electron chi connectivity index (χ0n) is 12.3. The number of nitrogens with zero attached hydrogens (tertiary/aromatic N) is 2. The van der Waals surface area contributed by atoms with E-state index in [2.05, 4.69) is 15.3 Å². The monoisotopic (exact) mass is 351 g/mol. The number of thioether (sulfide) groups is 1. The number of amides is 1. The third-order valence-electron chi connectivity index (χ3n) is 3.16. The summed E-state index contributed by atoms with van der Waals surface area (Å²) in [6.45, 7) is 0.951. The standard InChI is InChI=1S/C15H14FN3O2S2/c1-21-6-5-17-11(20)7-22-15-14-13(18-8-19-15)12-9(16)3-2-4-10(12)23-14/h2-4,8H,5-7H2,1H3,(H,17,20). The van der Waals surface area contributed by atoms with Crippen molar-refractivity contribution in [1.29, 1.82) is 0 Å². The van der Waals surface area contributed by atoms with Gasteiger partial charge in [0, 0.05) is 18.4 Å². The Balaban J connectivity index is 1.83. The Morgan fingerprint density at radius 2 is 2.30 bits per heavy atom. The summed E-state index contributed by atoms with van der Waals surface area (Å²) in [6, 6.07) is 4.96. The number of ether oxygens (including phenoxy) is 1. The molecule has 2 heterocycles. The highest BCUT2D eigenvalue weighted by Gasteiger charge is 2.15. The molecule has 1 aromatic carbocycles. The van der Waals surface area contributed by atoms with Crippen molar-refractivity contribution >= 4 is 49.3 Å². The fourth-order valence-corrected chi connectivity index (χ4v) is 4.21. The zero-order valence-corrected chi connectivity index (χ0v) is 14.0. The Bertz CT molecular complexity index is 853. The molecule has 0 aliphatic rings. The summed E-state index contributed by atoms with van der Waals surface area (Å²) < 4.78 is 20.5. The molecule has 2 aromatic heterocycles. The lowest BCUT2D eigenvalue weighted by Crippen LogP contribution is -2.28. The molecule has 8 heteroatoms. The number of hydrogen-bond acceptors (Lipinski definition) is 6. The van der Waals surface area contributed by atoms with Crippen molar-refractivity contribution in [3.05, 3.63) is 30.3 Å². The minimum Gasteiger partial charge on any atom is -0.383 e. The molecule has 0 unspecified atom stereocenters. The first kappa shape index (κ1) is 16.1. The number of thiophene rings is 1. The van der Waals surface area contributed by atoms with Crippen LogP contribution in [-0.2, 0) is 9.53 Å². The van der Waals surface area contributed by atoms with Gasteiger partial charge in [-0.25, -0.2) is 14.4 Å². The smallest absolute Gasteiger partial charge is 0.230 e. The summed E-state index contributed by atoms with van der Waals surface area (Å²) in [7, 11) is 1.58. The van der Waals surface area contributed by atoms with Crippen molar-refractivity contribution in [2.45, 2.75) is 5.03 Å². The molecule has 0 fully saturated rings. The molecule has 0 atom stereocenters. The van der Waals surface area contributed by atoms with Crippen LogP contribution in [-0.4, -0.2) is 41.9 Å². The molecule has 0 aliphatic heterocycles. The maximum Gasteiger partial charge on any atom is 0.230 e. The Labute approximate surface area is 140 Å². The van der Waals surface area contributed by atoms with Gasteiger partial charge in [-0.3, -0.25) is 4.79 Å². The normalized spacial score (nSPS) is 11.2. The number of aromatic nitrogens is 2. The second kappa shape index (κ2) is 7.20. The van der Waals surface area contributed by atoms with Crippen LogP contribution in [0, 0.1) is 5.82 Å². The summed E-state index contributed by atoms with van der Waals surface area (Å²) in [5, 5.41) is 3.96. The molecule has 3 aromatic rings. The second-order valence-corrected chi connectivity index (χ2v) is 6.72. The van der Waals surface area contributed by atoms with E-state index in [1.807, 2.05) is 6.07 Å². The number of benzene rings is 1. The molecule has 1 N–H and O–H groups in total. The third kappa shape index (κ3) is 3.44. The molecule has 0 aliphatic carbocycles. The number of carbonyl (C=O) groups is 1. The largest absolute Gasteiger partial charge is 0.383 e. The minimum atomic E-state index is -0.291. The molecule has 23 heavy (non-hydrogen) atoms. The number of carbonyl (C=O) groups excluding carboxylic acids is 1. The van der Waals surface area contributed by atoms with E-state index >= 15 is 0 Å². The molecule has 0 spiro atoms. The summed E-state index contributed by atoms with van der Waals surface area (Å²) in [5.74, 6) is -0.140. The lowest BCUT2D eigenvalue weighted by molar-refractivity contribution is -0.118. The van der Waals surface area contributed by atoms with Gasteiger partial charge in [0.1, 0.15) is 17.2 Å². The van der Waals surface area contributed by atoms with Gasteiger partial charge in [-0.1, -0.05) is 17.8 Å². The minimum absolute atomic E-state index is 0.0916. The first-order chi connectivity index (χ1) is 11.2. The maximum atomic E-state index is 14.0. The van der Waals surface area contributed by atoms with E-state index in [9.17, 15) is 9.18 Å². The number of halogens is 1. The van der Waals surface area contributed by atoms with Crippen molar-refractivity contribution in [3.63, 3.8) is 0 Å². The number of rotatable bonds is 6. The summed E-state index contributed by atoms with van der Waals surface area (Å²) >= 11 is 2.76. The van der Waals surface area contributed by atoms with E-state index in [0.717, 1.165) is 9.40 Å². The van der Waals surface area contributed by atoms with Gasteiger partial charge in [0.2, 0.25) is 5.91 Å². The predicted octanol–water partition coefficient (Wildman–Crippen LogP) is 2.84. The van der Waals surface area contributed by atoms with E-state index in [0.29, 0.717) is 29.1 Å². The fraction of sp³-hybridized carbons (Fsp3) is 0.267. The lowest BCUT2D eigenvalue weighted by atomic mass is 10.2. The molecule has 120 valence electrons. The van der Waals surface area contributed by atoms with E-state index in [1.54, 1.807) is 13.2 Å². The first-order valence-electron chi connectivity index (χ1n) is 6.91. The summed E-state index contributed by atoms with van der Waals surface area (Å²) in [5.41, 5.74) is 0.598. The van der Waals surface area contributed by atoms with Crippen LogP contribution in [0.1, 0.15) is 0 Å². The predicted molar refractivity (Wildman–Crippen MR) is 90.5 cm³/mol. The Morgan fingerprint density at radius 3 is 3.13 bits per heavy atom. The SMILES string of the molecule is COCCNC(=O)CSc1ncnc2c1sc1cccc(F)c12. The zero-order chi connectivity index (χ0) is 16.2. The molecule has 1 amide bonds. The van der Waals surface area contributed by atoms with Crippen LogP contribution < -0.4 is 5.32 Å². The molecule has 0 bridgehead atoms. The van der Waals surface area contributed by atoms with E-state index in [4.69, 9.17) is 4.74 Å². The summed E-state index contributed by atoms with van der Waals surface area (Å²) in [4.78, 5) is 20.2. The van der Waals surface area contributed by atoms with Crippen molar-refractivity contribution in [1.82, 2.24) is 15.3 Å². The van der Waals surface area contributed by atoms with E-state index < -0.39 is 0 Å². The van der Waals surface area contributed by atoms with Crippen LogP contribution in [0.3, 0.4) is 0 Å².